The third kappa shape index (κ3) is 13.7. The molecule has 0 spiro atoms. The maximum Gasteiger partial charge on any atom is 0.555 e. The fraction of sp³-hybridized carbons (Fsp3) is 0.278. The molecule has 11 heteroatoms. The molecular formula is C72H74O11. The average Bonchev–Trinajstić information content (AvgIpc) is 2.06. The summed E-state index contributed by atoms with van der Waals surface area (Å²) in [5, 5.41) is 0. The summed E-state index contributed by atoms with van der Waals surface area (Å²) in [6.45, 7) is 12.8. The maximum absolute atomic E-state index is 13.4. The zero-order chi connectivity index (χ0) is 58.2. The molecule has 0 aromatic heterocycles. The van der Waals surface area contributed by atoms with Crippen LogP contribution < -0.4 is 28.6 Å². The van der Waals surface area contributed by atoms with Crippen LogP contribution in [0.4, 0.5) is 9.59 Å². The number of carbonyl (C=O) groups excluding carboxylic acids is 4. The van der Waals surface area contributed by atoms with E-state index in [1.165, 1.54) is 0 Å². The van der Waals surface area contributed by atoms with E-state index in [9.17, 15) is 19.2 Å². The molecule has 428 valence electrons. The second-order valence-electron chi connectivity index (χ2n) is 23.8. The molecule has 2 aliphatic rings. The van der Waals surface area contributed by atoms with Gasteiger partial charge in [0.05, 0.1) is 11.1 Å². The standard InChI is InChI=1S/C72H70O11.2H2/c1-69(2,3)53-21-33-59(34-22-53)77-65(73)51-17-13-49(14-18-51)50-15-19-52(20-16-50)66(74)78-60-37-25-55(26-38-60)72(47-11-8-12-48-72)58-31-43-64(44-32-58)82-83-68(76)81-63-41-29-57(30-42-63)71(45-9-7-10-46-71)56-27-39-62(40-28-56)80-67(75)79-61-35-23-54(24-36-61)70(4,5)6;;/h13-44H,7-12,45-48H2,1-6H3;2*1H. The van der Waals surface area contributed by atoms with Crippen molar-refractivity contribution in [2.75, 3.05) is 0 Å². The minimum atomic E-state index is -1.01. The van der Waals surface area contributed by atoms with Gasteiger partial charge in [-0.25, -0.2) is 19.3 Å². The first kappa shape index (κ1) is 57.3. The molecule has 0 radical (unpaired) electrons. The molecule has 11 nitrogen and oxygen atoms in total. The van der Waals surface area contributed by atoms with Gasteiger partial charge in [0.2, 0.25) is 0 Å². The molecule has 0 amide bonds. The zero-order valence-corrected chi connectivity index (χ0v) is 48.0. The fourth-order valence-electron chi connectivity index (χ4n) is 11.5. The lowest BCUT2D eigenvalue weighted by Gasteiger charge is -2.38. The summed E-state index contributed by atoms with van der Waals surface area (Å²) in [6, 6.07) is 59.8. The van der Waals surface area contributed by atoms with Gasteiger partial charge in [0, 0.05) is 13.7 Å². The Labute approximate surface area is 489 Å². The second kappa shape index (κ2) is 24.6. The summed E-state index contributed by atoms with van der Waals surface area (Å²) < 4.78 is 28.0. The van der Waals surface area contributed by atoms with Gasteiger partial charge in [-0.2, -0.15) is 4.79 Å². The molecule has 0 atom stereocenters. The molecule has 8 aromatic rings. The van der Waals surface area contributed by atoms with Crippen LogP contribution >= 0.6 is 0 Å². The van der Waals surface area contributed by atoms with Gasteiger partial charge in [-0.1, -0.05) is 177 Å². The van der Waals surface area contributed by atoms with Crippen LogP contribution in [0.5, 0.6) is 34.5 Å². The highest BCUT2D eigenvalue weighted by molar-refractivity contribution is 5.93. The van der Waals surface area contributed by atoms with Crippen molar-refractivity contribution in [3.8, 4) is 45.6 Å². The van der Waals surface area contributed by atoms with E-state index in [0.29, 0.717) is 45.6 Å². The summed E-state index contributed by atoms with van der Waals surface area (Å²) in [4.78, 5) is 62.5. The van der Waals surface area contributed by atoms with Gasteiger partial charge in [-0.15, -0.1) is 0 Å². The van der Waals surface area contributed by atoms with Crippen molar-refractivity contribution in [3.05, 3.63) is 239 Å². The lowest BCUT2D eigenvalue weighted by Crippen LogP contribution is -2.30. The SMILES string of the molecule is CC(C)(C)c1ccc(OC(=O)Oc2ccc(C3(c4ccc(OC(=O)OOc5ccc(C6(c7ccc(OC(=O)c8ccc(-c9ccc(C(=O)Oc%10ccc(C(C)(C)C)cc%10)cc9)cc8)cc7)CCCCC6)cc5)cc4)CCCCC3)cc2)cc1.[HH].[HH]. The molecule has 0 unspecified atom stereocenters. The normalized spacial score (nSPS) is 14.8. The van der Waals surface area contributed by atoms with Crippen LogP contribution in [0.2, 0.25) is 0 Å². The Hall–Kier alpha value is -8.96. The molecule has 0 aliphatic heterocycles. The van der Waals surface area contributed by atoms with Crippen molar-refractivity contribution >= 4 is 24.2 Å². The molecule has 10 rings (SSSR count). The molecule has 2 fully saturated rings. The number of rotatable bonds is 14. The van der Waals surface area contributed by atoms with Gasteiger partial charge in [0.1, 0.15) is 28.7 Å². The Morgan fingerprint density at radius 2 is 0.602 bits per heavy atom. The highest BCUT2D eigenvalue weighted by Gasteiger charge is 2.37. The van der Waals surface area contributed by atoms with Crippen LogP contribution in [0, 0.1) is 0 Å². The largest absolute Gasteiger partial charge is 0.555 e. The van der Waals surface area contributed by atoms with Crippen molar-refractivity contribution in [3.63, 3.8) is 0 Å². The van der Waals surface area contributed by atoms with Crippen molar-refractivity contribution in [2.45, 2.75) is 127 Å². The van der Waals surface area contributed by atoms with Gasteiger partial charge in [-0.3, -0.25) is 4.89 Å². The predicted octanol–water partition coefficient (Wildman–Crippen LogP) is 18.5. The quantitative estimate of drug-likeness (QED) is 0.0339. The second-order valence-corrected chi connectivity index (χ2v) is 23.8. The Kier molecular flexibility index (Phi) is 17.0. The Morgan fingerprint density at radius 1 is 0.325 bits per heavy atom. The van der Waals surface area contributed by atoms with E-state index in [0.717, 1.165) is 109 Å². The molecule has 0 bridgehead atoms. The van der Waals surface area contributed by atoms with Gasteiger partial charge in [0.15, 0.2) is 5.75 Å². The van der Waals surface area contributed by atoms with Crippen LogP contribution in [0.15, 0.2) is 194 Å². The lowest BCUT2D eigenvalue weighted by atomic mass is 9.65. The van der Waals surface area contributed by atoms with Crippen LogP contribution in [-0.2, 0) is 26.5 Å². The molecule has 0 N–H and O–H groups in total. The first-order valence-electron chi connectivity index (χ1n) is 28.7. The average molecular weight is 1120 g/mol. The molecule has 2 saturated carbocycles. The monoisotopic (exact) mass is 1110 g/mol. The third-order valence-electron chi connectivity index (χ3n) is 16.3. The van der Waals surface area contributed by atoms with Crippen molar-refractivity contribution < 1.29 is 55.5 Å². The number of hydrogen-bond donors (Lipinski definition) is 0. The van der Waals surface area contributed by atoms with E-state index in [4.69, 9.17) is 33.5 Å². The molecule has 0 saturated heterocycles. The van der Waals surface area contributed by atoms with Gasteiger partial charge < -0.3 is 23.7 Å². The minimum Gasteiger partial charge on any atom is -0.423 e. The van der Waals surface area contributed by atoms with E-state index in [1.54, 1.807) is 72.8 Å². The first-order chi connectivity index (χ1) is 39.9. The van der Waals surface area contributed by atoms with Crippen LogP contribution in [0.3, 0.4) is 0 Å². The summed E-state index contributed by atoms with van der Waals surface area (Å²) >= 11 is 0. The summed E-state index contributed by atoms with van der Waals surface area (Å²) in [7, 11) is 0. The van der Waals surface area contributed by atoms with Crippen molar-refractivity contribution in [2.24, 2.45) is 0 Å². The van der Waals surface area contributed by atoms with Gasteiger partial charge >= 0.3 is 24.2 Å². The first-order valence-corrected chi connectivity index (χ1v) is 28.7. The summed E-state index contributed by atoms with van der Waals surface area (Å²) in [6.07, 6.45) is 8.47. The van der Waals surface area contributed by atoms with E-state index in [-0.39, 0.29) is 24.5 Å². The topological polar surface area (TPSA) is 133 Å². The predicted molar refractivity (Wildman–Crippen MR) is 324 cm³/mol. The number of ether oxygens (including phenoxy) is 5. The van der Waals surface area contributed by atoms with Crippen molar-refractivity contribution in [1.29, 1.82) is 0 Å². The Bertz CT molecular complexity index is 3520. The minimum absolute atomic E-state index is 0. The van der Waals surface area contributed by atoms with E-state index in [2.05, 4.69) is 41.5 Å². The molecule has 8 aromatic carbocycles. The fourth-order valence-corrected chi connectivity index (χ4v) is 11.5. The number of esters is 2. The smallest absolute Gasteiger partial charge is 0.423 e. The van der Waals surface area contributed by atoms with Crippen LogP contribution in [0.1, 0.15) is 163 Å². The van der Waals surface area contributed by atoms with Gasteiger partial charge in [0.25, 0.3) is 0 Å². The number of carbonyl (C=O) groups is 4. The molecule has 2 aliphatic carbocycles. The van der Waals surface area contributed by atoms with Crippen LogP contribution in [0.25, 0.3) is 11.1 Å². The third-order valence-corrected chi connectivity index (χ3v) is 16.3. The highest BCUT2D eigenvalue weighted by atomic mass is 17.2. The van der Waals surface area contributed by atoms with Crippen LogP contribution in [-0.4, -0.2) is 24.2 Å². The molecule has 83 heavy (non-hydrogen) atoms. The van der Waals surface area contributed by atoms with Gasteiger partial charge in [-0.05, 0) is 178 Å². The van der Waals surface area contributed by atoms with Crippen molar-refractivity contribution in [1.82, 2.24) is 0 Å². The highest BCUT2D eigenvalue weighted by Crippen LogP contribution is 2.47. The summed E-state index contributed by atoms with van der Waals surface area (Å²) in [5.41, 5.74) is 8.76. The number of hydrogen-bond acceptors (Lipinski definition) is 11. The Balaban J connectivity index is 0.00000470. The lowest BCUT2D eigenvalue weighted by molar-refractivity contribution is -0.157. The van der Waals surface area contributed by atoms with E-state index < -0.39 is 24.2 Å². The zero-order valence-electron chi connectivity index (χ0n) is 48.0. The molecular weight excluding hydrogens is 1040 g/mol. The maximum atomic E-state index is 13.4. The van der Waals surface area contributed by atoms with E-state index in [1.807, 2.05) is 121 Å². The Morgan fingerprint density at radius 3 is 0.916 bits per heavy atom. The number of benzene rings is 8. The molecule has 0 heterocycles. The van der Waals surface area contributed by atoms with E-state index >= 15 is 0 Å². The summed E-state index contributed by atoms with van der Waals surface area (Å²) in [5.74, 6) is 1.47.